The molecule has 4 aromatic rings. The number of carbonyl (C=O) groups is 5. The lowest BCUT2D eigenvalue weighted by molar-refractivity contribution is -0.141. The first kappa shape index (κ1) is 40.1. The highest BCUT2D eigenvalue weighted by molar-refractivity contribution is 6.23. The number of alkyl halides is 3. The number of nitrogens with one attached hydrogen (secondary N) is 2. The Morgan fingerprint density at radius 1 is 0.915 bits per heavy atom. The third kappa shape index (κ3) is 8.17. The molecule has 5 amide bonds. The van der Waals surface area contributed by atoms with Gasteiger partial charge in [0, 0.05) is 61.1 Å². The smallest absolute Gasteiger partial charge is 0.386 e. The Bertz CT molecular complexity index is 2340. The number of fused-ring (bicyclic) bond motifs is 2. The first-order valence-corrected chi connectivity index (χ1v) is 20.0. The molecule has 14 nitrogen and oxygen atoms in total. The second-order valence-corrected chi connectivity index (χ2v) is 16.5. The molecule has 2 aromatic carbocycles. The third-order valence-electron chi connectivity index (χ3n) is 12.0. The molecular formula is C42H45F3N8O6. The fraction of sp³-hybridized carbons (Fsp3) is 0.452. The predicted octanol–water partition coefficient (Wildman–Crippen LogP) is 5.27. The second-order valence-electron chi connectivity index (χ2n) is 16.5. The number of imide groups is 2. The van der Waals surface area contributed by atoms with Crippen LogP contribution in [0.25, 0.3) is 10.9 Å². The number of piperidine rings is 3. The summed E-state index contributed by atoms with van der Waals surface area (Å²) >= 11 is 0. The van der Waals surface area contributed by atoms with E-state index in [4.69, 9.17) is 5.10 Å². The van der Waals surface area contributed by atoms with Gasteiger partial charge in [-0.2, -0.15) is 18.3 Å². The van der Waals surface area contributed by atoms with Gasteiger partial charge in [-0.05, 0) is 107 Å². The van der Waals surface area contributed by atoms with Crippen LogP contribution in [0.2, 0.25) is 0 Å². The number of hydrogen-bond acceptors (Lipinski definition) is 10. The van der Waals surface area contributed by atoms with Gasteiger partial charge in [0.1, 0.15) is 17.4 Å². The molecule has 2 aromatic heterocycles. The molecule has 1 unspecified atom stereocenters. The van der Waals surface area contributed by atoms with Crippen molar-refractivity contribution in [3.8, 4) is 0 Å². The summed E-state index contributed by atoms with van der Waals surface area (Å²) in [6.45, 7) is 7.54. The fourth-order valence-electron chi connectivity index (χ4n) is 8.70. The van der Waals surface area contributed by atoms with Crippen molar-refractivity contribution in [2.75, 3.05) is 42.9 Å². The van der Waals surface area contributed by atoms with E-state index in [-0.39, 0.29) is 35.7 Å². The van der Waals surface area contributed by atoms with Crippen molar-refractivity contribution in [3.63, 3.8) is 0 Å². The van der Waals surface area contributed by atoms with Crippen LogP contribution in [0.15, 0.2) is 54.7 Å². The number of aliphatic hydroxyl groups is 1. The summed E-state index contributed by atoms with van der Waals surface area (Å²) in [6, 6.07) is 10.9. The summed E-state index contributed by atoms with van der Waals surface area (Å²) in [5.41, 5.74) is -0.285. The van der Waals surface area contributed by atoms with Crippen molar-refractivity contribution in [3.05, 3.63) is 82.8 Å². The van der Waals surface area contributed by atoms with Gasteiger partial charge in [-0.1, -0.05) is 6.07 Å². The molecule has 3 fully saturated rings. The predicted molar refractivity (Wildman–Crippen MR) is 210 cm³/mol. The van der Waals surface area contributed by atoms with Crippen LogP contribution in [-0.2, 0) is 21.4 Å². The van der Waals surface area contributed by atoms with E-state index in [0.29, 0.717) is 22.4 Å². The van der Waals surface area contributed by atoms with Gasteiger partial charge >= 0.3 is 6.18 Å². The average Bonchev–Trinajstić information content (AvgIpc) is 3.73. The minimum Gasteiger partial charge on any atom is -0.386 e. The second kappa shape index (κ2) is 15.5. The van der Waals surface area contributed by atoms with Crippen LogP contribution >= 0.6 is 0 Å². The van der Waals surface area contributed by atoms with Crippen molar-refractivity contribution >= 4 is 51.8 Å². The van der Waals surface area contributed by atoms with Gasteiger partial charge < -0.3 is 20.2 Å². The third-order valence-corrected chi connectivity index (χ3v) is 12.0. The molecule has 3 saturated heterocycles. The van der Waals surface area contributed by atoms with Crippen molar-refractivity contribution < 1.29 is 42.3 Å². The normalized spacial score (nSPS) is 20.1. The minimum atomic E-state index is -4.70. The van der Waals surface area contributed by atoms with Crippen LogP contribution in [0.5, 0.6) is 0 Å². The van der Waals surface area contributed by atoms with Crippen LogP contribution in [-0.4, -0.2) is 98.0 Å². The van der Waals surface area contributed by atoms with Crippen LogP contribution in [0.1, 0.15) is 107 Å². The lowest BCUT2D eigenvalue weighted by atomic mass is 9.92. The molecule has 4 aliphatic rings. The number of halogens is 3. The maximum absolute atomic E-state index is 13.3. The monoisotopic (exact) mass is 814 g/mol. The molecule has 0 saturated carbocycles. The van der Waals surface area contributed by atoms with E-state index in [2.05, 4.69) is 25.4 Å². The largest absolute Gasteiger partial charge is 0.433 e. The van der Waals surface area contributed by atoms with Crippen molar-refractivity contribution in [2.24, 2.45) is 5.92 Å². The van der Waals surface area contributed by atoms with Gasteiger partial charge in [-0.25, -0.2) is 4.98 Å². The zero-order valence-electron chi connectivity index (χ0n) is 32.7. The van der Waals surface area contributed by atoms with E-state index in [9.17, 15) is 42.3 Å². The molecule has 3 N–H and O–H groups in total. The Labute approximate surface area is 337 Å². The van der Waals surface area contributed by atoms with Gasteiger partial charge in [0.2, 0.25) is 11.8 Å². The first-order valence-electron chi connectivity index (χ1n) is 20.0. The minimum absolute atomic E-state index is 0.0731. The number of rotatable bonds is 9. The van der Waals surface area contributed by atoms with E-state index >= 15 is 0 Å². The van der Waals surface area contributed by atoms with Crippen LogP contribution < -0.4 is 15.5 Å². The number of pyridine rings is 1. The highest BCUT2D eigenvalue weighted by atomic mass is 19.4. The molecule has 8 rings (SSSR count). The van der Waals surface area contributed by atoms with Crippen LogP contribution in [0.4, 0.5) is 24.5 Å². The number of aromatic nitrogens is 3. The highest BCUT2D eigenvalue weighted by Gasteiger charge is 2.45. The summed E-state index contributed by atoms with van der Waals surface area (Å²) in [4.78, 5) is 72.7. The molecule has 59 heavy (non-hydrogen) atoms. The van der Waals surface area contributed by atoms with Gasteiger partial charge in [0.05, 0.1) is 28.3 Å². The lowest BCUT2D eigenvalue weighted by Gasteiger charge is -2.36. The van der Waals surface area contributed by atoms with Gasteiger partial charge in [-0.3, -0.25) is 38.9 Å². The van der Waals surface area contributed by atoms with E-state index in [1.165, 1.54) is 6.07 Å². The maximum atomic E-state index is 13.3. The molecule has 17 heteroatoms. The van der Waals surface area contributed by atoms with E-state index in [1.54, 1.807) is 38.1 Å². The zero-order chi connectivity index (χ0) is 41.8. The number of hydrogen-bond donors (Lipinski definition) is 3. The van der Waals surface area contributed by atoms with E-state index in [1.807, 2.05) is 16.9 Å². The van der Waals surface area contributed by atoms with Gasteiger partial charge in [-0.15, -0.1) is 0 Å². The van der Waals surface area contributed by atoms with Crippen molar-refractivity contribution in [1.82, 2.24) is 29.9 Å². The Balaban J connectivity index is 0.837. The number of nitrogens with zero attached hydrogens (tertiary/aromatic N) is 6. The molecule has 0 spiro atoms. The molecular weight excluding hydrogens is 770 g/mol. The molecule has 1 atom stereocenters. The molecule has 0 bridgehead atoms. The van der Waals surface area contributed by atoms with Crippen LogP contribution in [0, 0.1) is 5.92 Å². The fourth-order valence-corrected chi connectivity index (χ4v) is 8.70. The molecule has 4 aliphatic heterocycles. The molecule has 310 valence electrons. The summed E-state index contributed by atoms with van der Waals surface area (Å²) < 4.78 is 41.7. The molecule has 0 radical (unpaired) electrons. The van der Waals surface area contributed by atoms with E-state index < -0.39 is 58.7 Å². The lowest BCUT2D eigenvalue weighted by Crippen LogP contribution is -2.54. The number of anilines is 2. The first-order chi connectivity index (χ1) is 28.0. The number of likely N-dealkylation sites (tertiary alicyclic amines) is 1. The zero-order valence-corrected chi connectivity index (χ0v) is 32.7. The SMILES string of the molecule is CC(C)(O)c1cc2nn(C3CCN(CCC4CCN(c5ccc6c(c5)C(=O)N(C5CCC(=O)NC5=O)C6=O)CC4)CC3)cc2cc1NC(=O)c1cccc(C(F)(F)F)n1. The summed E-state index contributed by atoms with van der Waals surface area (Å²) in [5.74, 6) is -2.34. The quantitative estimate of drug-likeness (QED) is 0.189. The number of carbonyl (C=O) groups excluding carboxylic acids is 5. The molecule has 6 heterocycles. The Morgan fingerprint density at radius 2 is 1.64 bits per heavy atom. The number of amides is 5. The van der Waals surface area contributed by atoms with E-state index in [0.717, 1.165) is 87.5 Å². The summed E-state index contributed by atoms with van der Waals surface area (Å²) in [7, 11) is 0. The summed E-state index contributed by atoms with van der Waals surface area (Å²) in [6.07, 6.45) is 2.21. The topological polar surface area (TPSA) is 170 Å². The van der Waals surface area contributed by atoms with Crippen LogP contribution in [0.3, 0.4) is 0 Å². The number of benzene rings is 2. The van der Waals surface area contributed by atoms with Crippen molar-refractivity contribution in [1.29, 1.82) is 0 Å². The highest BCUT2D eigenvalue weighted by Crippen LogP contribution is 2.36. The Kier molecular flexibility index (Phi) is 10.5. The maximum Gasteiger partial charge on any atom is 0.433 e. The Hall–Kier alpha value is -5.68. The Morgan fingerprint density at radius 3 is 2.34 bits per heavy atom. The summed E-state index contributed by atoms with van der Waals surface area (Å²) in [5, 5.41) is 21.4. The average molecular weight is 815 g/mol. The standard InChI is InChI=1S/C42H45F3N8O6/c1-41(2,59)30-22-32-25(20-33(30)47-37(55)31-4-3-5-35(46-31)42(43,44)45)23-52(49-32)26-13-16-50(17-14-26)15-10-24-11-18-51(19-12-24)27-6-7-28-29(21-27)40(58)53(39(28)57)34-8-9-36(54)48-38(34)56/h3-7,20-24,26,34,59H,8-19H2,1-2H3,(H,47,55)(H,48,54,56). The van der Waals surface area contributed by atoms with Crippen molar-refractivity contribution in [2.45, 2.75) is 82.7 Å². The molecule has 0 aliphatic carbocycles. The van der Waals surface area contributed by atoms with Gasteiger partial charge in [0.25, 0.3) is 17.7 Å². The van der Waals surface area contributed by atoms with Gasteiger partial charge in [0.15, 0.2) is 0 Å².